The van der Waals surface area contributed by atoms with Crippen LogP contribution in [0.2, 0.25) is 5.02 Å². The second-order valence-corrected chi connectivity index (χ2v) is 12.1. The van der Waals surface area contributed by atoms with Crippen molar-refractivity contribution in [1.29, 1.82) is 0 Å². The zero-order chi connectivity index (χ0) is 20.6. The monoisotopic (exact) mass is 450 g/mol. The predicted molar refractivity (Wildman–Crippen MR) is 112 cm³/mol. The number of amides is 1. The second kappa shape index (κ2) is 6.02. The van der Waals surface area contributed by atoms with Crippen molar-refractivity contribution < 1.29 is 13.2 Å². The van der Waals surface area contributed by atoms with Crippen molar-refractivity contribution in [2.75, 3.05) is 6.26 Å². The van der Waals surface area contributed by atoms with Crippen LogP contribution in [0, 0.1) is 0 Å². The van der Waals surface area contributed by atoms with E-state index in [4.69, 9.17) is 16.6 Å². The summed E-state index contributed by atoms with van der Waals surface area (Å²) < 4.78 is 25.8. The van der Waals surface area contributed by atoms with Gasteiger partial charge in [0.15, 0.2) is 9.84 Å². The van der Waals surface area contributed by atoms with Crippen molar-refractivity contribution in [1.82, 2.24) is 20.1 Å². The summed E-state index contributed by atoms with van der Waals surface area (Å²) in [6.07, 6.45) is 5.26. The summed E-state index contributed by atoms with van der Waals surface area (Å²) in [5, 5.41) is 8.25. The maximum atomic E-state index is 12.6. The van der Waals surface area contributed by atoms with Gasteiger partial charge in [0.2, 0.25) is 0 Å². The number of rotatable bonds is 5. The number of carbonyl (C=O) groups is 1. The molecule has 3 aromatic rings. The number of thiazole rings is 1. The first-order valence-corrected chi connectivity index (χ1v) is 12.4. The molecule has 0 spiro atoms. The highest BCUT2D eigenvalue weighted by Gasteiger charge is 2.70. The van der Waals surface area contributed by atoms with E-state index in [9.17, 15) is 13.2 Å². The van der Waals surface area contributed by atoms with Gasteiger partial charge in [0, 0.05) is 28.4 Å². The van der Waals surface area contributed by atoms with E-state index in [2.05, 4.69) is 10.4 Å². The molecular formula is C19H19ClN4O3S2. The van der Waals surface area contributed by atoms with Crippen LogP contribution in [0.5, 0.6) is 0 Å². The number of aromatic nitrogens is 3. The minimum atomic E-state index is -3.29. The highest BCUT2D eigenvalue weighted by molar-refractivity contribution is 7.90. The molecule has 3 saturated carbocycles. The molecule has 3 aliphatic carbocycles. The maximum Gasteiger partial charge on any atom is 0.272 e. The number of hydrogen-bond donors (Lipinski definition) is 1. The lowest BCUT2D eigenvalue weighted by Crippen LogP contribution is -2.76. The van der Waals surface area contributed by atoms with Crippen LogP contribution in [0.4, 0.5) is 0 Å². The molecule has 0 saturated heterocycles. The van der Waals surface area contributed by atoms with Crippen LogP contribution < -0.4 is 5.32 Å². The fourth-order valence-corrected chi connectivity index (χ4v) is 6.37. The lowest BCUT2D eigenvalue weighted by atomic mass is 9.39. The van der Waals surface area contributed by atoms with Gasteiger partial charge in [-0.05, 0) is 50.5 Å². The molecule has 152 valence electrons. The van der Waals surface area contributed by atoms with Gasteiger partial charge in [0.1, 0.15) is 16.1 Å². The van der Waals surface area contributed by atoms with E-state index in [1.54, 1.807) is 24.3 Å². The molecule has 1 unspecified atom stereocenters. The van der Waals surface area contributed by atoms with Gasteiger partial charge >= 0.3 is 0 Å². The van der Waals surface area contributed by atoms with Crippen molar-refractivity contribution in [3.8, 4) is 0 Å². The van der Waals surface area contributed by atoms with E-state index in [0.717, 1.165) is 40.7 Å². The van der Waals surface area contributed by atoms with Crippen molar-refractivity contribution >= 4 is 48.9 Å². The summed E-state index contributed by atoms with van der Waals surface area (Å²) >= 11 is 7.75. The fraction of sp³-hybridized carbons (Fsp3) is 0.421. The summed E-state index contributed by atoms with van der Waals surface area (Å²) in [4.78, 5) is 17.4. The number of sulfone groups is 1. The van der Waals surface area contributed by atoms with Crippen LogP contribution in [0.25, 0.3) is 10.2 Å². The van der Waals surface area contributed by atoms with Gasteiger partial charge in [-0.15, -0.1) is 11.3 Å². The third kappa shape index (κ3) is 2.98. The number of benzene rings is 1. The molecule has 2 aromatic heterocycles. The minimum Gasteiger partial charge on any atom is -0.345 e. The molecule has 6 rings (SSSR count). The Kier molecular flexibility index (Phi) is 3.95. The number of hydrogen-bond acceptors (Lipinski definition) is 6. The molecule has 0 radical (unpaired) electrons. The van der Waals surface area contributed by atoms with Crippen LogP contribution in [0.15, 0.2) is 30.5 Å². The van der Waals surface area contributed by atoms with Gasteiger partial charge in [-0.3, -0.25) is 9.48 Å². The minimum absolute atomic E-state index is 0.0492. The second-order valence-electron chi connectivity index (χ2n) is 8.29. The van der Waals surface area contributed by atoms with Crippen LogP contribution in [0.1, 0.15) is 47.1 Å². The van der Waals surface area contributed by atoms with Gasteiger partial charge in [0.25, 0.3) is 5.91 Å². The molecule has 1 atom stereocenters. The van der Waals surface area contributed by atoms with Crippen molar-refractivity contribution in [2.45, 2.75) is 42.5 Å². The van der Waals surface area contributed by atoms with E-state index < -0.39 is 15.2 Å². The van der Waals surface area contributed by atoms with E-state index in [1.165, 1.54) is 10.9 Å². The number of nitrogens with zero attached hydrogens (tertiary/aromatic N) is 3. The summed E-state index contributed by atoms with van der Waals surface area (Å²) in [5.41, 5.74) is 1.03. The SMILES string of the molecule is CC(n1ccc(C(=O)NC23CC(c4nc5ccc(Cl)cc5s4)(C2)C3)n1)S(C)(=O)=O. The van der Waals surface area contributed by atoms with E-state index >= 15 is 0 Å². The van der Waals surface area contributed by atoms with Gasteiger partial charge in [-0.25, -0.2) is 13.4 Å². The van der Waals surface area contributed by atoms with E-state index in [1.807, 2.05) is 18.2 Å². The average Bonchev–Trinajstić information content (AvgIpc) is 3.21. The smallest absolute Gasteiger partial charge is 0.272 e. The molecule has 29 heavy (non-hydrogen) atoms. The first kappa shape index (κ1) is 19.0. The summed E-state index contributed by atoms with van der Waals surface area (Å²) in [6, 6.07) is 7.28. The molecular weight excluding hydrogens is 432 g/mol. The highest BCUT2D eigenvalue weighted by Crippen LogP contribution is 2.68. The largest absolute Gasteiger partial charge is 0.345 e. The Hall–Kier alpha value is -1.97. The molecule has 0 aliphatic heterocycles. The van der Waals surface area contributed by atoms with Crippen LogP contribution in [-0.4, -0.2) is 40.9 Å². The molecule has 10 heteroatoms. The predicted octanol–water partition coefficient (Wildman–Crippen LogP) is 3.31. The number of fused-ring (bicyclic) bond motifs is 1. The van der Waals surface area contributed by atoms with Gasteiger partial charge < -0.3 is 5.32 Å². The van der Waals surface area contributed by atoms with E-state index in [0.29, 0.717) is 5.02 Å². The Balaban J connectivity index is 1.27. The molecule has 7 nitrogen and oxygen atoms in total. The number of halogens is 1. The van der Waals surface area contributed by atoms with Crippen LogP contribution in [0.3, 0.4) is 0 Å². The number of carbonyl (C=O) groups excluding carboxylic acids is 1. The summed E-state index contributed by atoms with van der Waals surface area (Å²) in [6.45, 7) is 1.54. The molecule has 1 aromatic carbocycles. The molecule has 1 N–H and O–H groups in total. The third-order valence-electron chi connectivity index (χ3n) is 6.05. The Bertz CT molecular complexity index is 1240. The van der Waals surface area contributed by atoms with Gasteiger partial charge in [-0.2, -0.15) is 5.10 Å². The molecule has 1 amide bonds. The van der Waals surface area contributed by atoms with Gasteiger partial charge in [0.05, 0.1) is 10.2 Å². The summed E-state index contributed by atoms with van der Waals surface area (Å²) in [5.74, 6) is -0.270. The Morgan fingerprint density at radius 2 is 2.03 bits per heavy atom. The zero-order valence-corrected chi connectivity index (χ0v) is 18.2. The van der Waals surface area contributed by atoms with Crippen molar-refractivity contribution in [3.63, 3.8) is 0 Å². The standard InChI is InChI=1S/C19H19ClN4O3S2/c1-11(29(2,26)27)24-6-5-14(23-24)16(25)22-19-8-18(9-19,10-19)17-21-13-4-3-12(20)7-15(13)28-17/h3-7,11H,8-10H2,1-2H3,(H,22,25). The van der Waals surface area contributed by atoms with Crippen molar-refractivity contribution in [2.24, 2.45) is 0 Å². The fourth-order valence-electron chi connectivity index (χ4n) is 4.44. The third-order valence-corrected chi connectivity index (χ3v) is 9.00. The van der Waals surface area contributed by atoms with Gasteiger partial charge in [-0.1, -0.05) is 11.6 Å². The topological polar surface area (TPSA) is 93.9 Å². The molecule has 2 bridgehead atoms. The zero-order valence-electron chi connectivity index (χ0n) is 15.8. The average molecular weight is 451 g/mol. The van der Waals surface area contributed by atoms with Crippen LogP contribution in [-0.2, 0) is 15.3 Å². The van der Waals surface area contributed by atoms with Crippen LogP contribution >= 0.6 is 22.9 Å². The molecule has 3 fully saturated rings. The Morgan fingerprint density at radius 3 is 2.72 bits per heavy atom. The Labute approximate surface area is 177 Å². The van der Waals surface area contributed by atoms with Crippen molar-refractivity contribution in [3.05, 3.63) is 46.2 Å². The Morgan fingerprint density at radius 1 is 1.31 bits per heavy atom. The highest BCUT2D eigenvalue weighted by atomic mass is 35.5. The maximum absolute atomic E-state index is 12.6. The first-order valence-electron chi connectivity index (χ1n) is 9.22. The summed E-state index contributed by atoms with van der Waals surface area (Å²) in [7, 11) is -3.29. The molecule has 2 heterocycles. The first-order chi connectivity index (χ1) is 13.6. The number of nitrogens with one attached hydrogen (secondary N) is 1. The van der Waals surface area contributed by atoms with E-state index in [-0.39, 0.29) is 22.6 Å². The lowest BCUT2D eigenvalue weighted by molar-refractivity contribution is -0.0808. The normalized spacial score (nSPS) is 26.6. The molecule has 3 aliphatic rings. The quantitative estimate of drug-likeness (QED) is 0.643. The lowest BCUT2D eigenvalue weighted by Gasteiger charge is -2.69.